The lowest BCUT2D eigenvalue weighted by Gasteiger charge is -2.20. The van der Waals surface area contributed by atoms with E-state index in [0.717, 1.165) is 122 Å². The number of nitrogens with one attached hydrogen (secondary N) is 1. The van der Waals surface area contributed by atoms with Crippen LogP contribution in [0.1, 0.15) is 240 Å². The number of hydrogen-bond acceptors (Lipinski definition) is 13. The lowest BCUT2D eigenvalue weighted by Crippen LogP contribution is -2.35. The molecular weight excluding hydrogens is 941 g/mol. The molecule has 0 aromatic heterocycles. The number of amides is 1. The second kappa shape index (κ2) is 50.3. The van der Waals surface area contributed by atoms with E-state index in [9.17, 15) is 24.0 Å². The summed E-state index contributed by atoms with van der Waals surface area (Å²) in [7, 11) is 0. The van der Waals surface area contributed by atoms with Crippen molar-refractivity contribution in [3.63, 3.8) is 0 Å². The number of ether oxygens (including phenoxy) is 7. The van der Waals surface area contributed by atoms with Gasteiger partial charge in [-0.05, 0) is 128 Å². The average Bonchev–Trinajstić information content (AvgIpc) is 3.92. The van der Waals surface area contributed by atoms with E-state index in [1.165, 1.54) is 38.5 Å². The van der Waals surface area contributed by atoms with E-state index >= 15 is 0 Å². The fraction of sp³-hybridized carbons (Fsp3) is 0.850. The van der Waals surface area contributed by atoms with Crippen LogP contribution in [0.2, 0.25) is 0 Å². The fourth-order valence-corrected chi connectivity index (χ4v) is 8.69. The van der Waals surface area contributed by atoms with E-state index in [0.29, 0.717) is 77.2 Å². The molecular formula is C60H108N2O12. The molecule has 14 heteroatoms. The normalized spacial score (nSPS) is 14.1. The maximum atomic E-state index is 13.2. The molecule has 1 aliphatic heterocycles. The van der Waals surface area contributed by atoms with Crippen LogP contribution in [0.5, 0.6) is 0 Å². The molecule has 14 nitrogen and oxygen atoms in total. The first kappa shape index (κ1) is 68.5. The number of likely N-dealkylation sites (tertiary alicyclic amines) is 1. The van der Waals surface area contributed by atoms with E-state index in [1.807, 2.05) is 0 Å². The summed E-state index contributed by atoms with van der Waals surface area (Å²) < 4.78 is 40.7. The van der Waals surface area contributed by atoms with Crippen LogP contribution in [-0.2, 0) is 52.3 Å². The Morgan fingerprint density at radius 1 is 0.473 bits per heavy atom. The number of unbranched alkanes of at least 4 members (excludes halogenated alkanes) is 13. The van der Waals surface area contributed by atoms with E-state index in [1.54, 1.807) is 0 Å². The van der Waals surface area contributed by atoms with Crippen molar-refractivity contribution in [2.45, 2.75) is 252 Å². The Bertz CT molecular complexity index is 1410. The van der Waals surface area contributed by atoms with Crippen LogP contribution in [0.3, 0.4) is 0 Å². The molecule has 1 amide bonds. The van der Waals surface area contributed by atoms with Crippen LogP contribution < -0.4 is 5.32 Å². The number of hydrogen-bond donors (Lipinski definition) is 1. The smallest absolute Gasteiger partial charge is 0.407 e. The van der Waals surface area contributed by atoms with Gasteiger partial charge >= 0.3 is 30.0 Å². The third-order valence-electron chi connectivity index (χ3n) is 13.4. The first-order valence-electron chi connectivity index (χ1n) is 30.0. The summed E-state index contributed by atoms with van der Waals surface area (Å²) in [6.45, 7) is 15.3. The maximum Gasteiger partial charge on any atom is 0.407 e. The van der Waals surface area contributed by atoms with Crippen molar-refractivity contribution < 1.29 is 57.1 Å². The number of esters is 4. The minimum absolute atomic E-state index is 0.0318. The van der Waals surface area contributed by atoms with Crippen LogP contribution in [0.25, 0.3) is 0 Å². The van der Waals surface area contributed by atoms with Gasteiger partial charge in [0.15, 0.2) is 6.29 Å². The second-order valence-electron chi connectivity index (χ2n) is 20.4. The standard InChI is InChI=1S/C60H108N2O12/c1-6-11-16-20-22-31-46-68-59(69-47-32-23-21-17-12-7-2)41-40-58(66)73-51-53(49-71-56(64)37-28-24-27-36-55(63)70-48-52(33-15-10-5)34-25-18-13-8-3)50-72-57(65)39-38-54(35-26-19-14-9-4)74-60(67)61-42-45-62-43-29-30-44-62/h11-12,16-17,52-54,59H,6-10,13-15,18-51H2,1-5H3,(H,61,67)/b16-11-,17-12-. The highest BCUT2D eigenvalue weighted by atomic mass is 16.7. The van der Waals surface area contributed by atoms with Gasteiger partial charge in [-0.1, -0.05) is 123 Å². The zero-order chi connectivity index (χ0) is 54.0. The number of carbonyl (C=O) groups excluding carboxylic acids is 5. The molecule has 0 aliphatic carbocycles. The van der Waals surface area contributed by atoms with Crippen molar-refractivity contribution in [2.75, 3.05) is 65.8 Å². The van der Waals surface area contributed by atoms with Crippen molar-refractivity contribution >= 4 is 30.0 Å². The molecule has 0 aromatic rings. The Balaban J connectivity index is 2.82. The molecule has 0 radical (unpaired) electrons. The first-order chi connectivity index (χ1) is 36.1. The molecule has 3 unspecified atom stereocenters. The predicted octanol–water partition coefficient (Wildman–Crippen LogP) is 13.9. The van der Waals surface area contributed by atoms with Crippen LogP contribution in [0.4, 0.5) is 4.79 Å². The highest BCUT2D eigenvalue weighted by molar-refractivity contribution is 5.71. The summed E-state index contributed by atoms with van der Waals surface area (Å²) >= 11 is 0. The number of nitrogens with zero attached hydrogens (tertiary/aromatic N) is 1. The Morgan fingerprint density at radius 2 is 0.946 bits per heavy atom. The summed E-state index contributed by atoms with van der Waals surface area (Å²) in [6.07, 6.45) is 34.5. The summed E-state index contributed by atoms with van der Waals surface area (Å²) in [5.74, 6) is -1.74. The summed E-state index contributed by atoms with van der Waals surface area (Å²) in [5.41, 5.74) is 0. The summed E-state index contributed by atoms with van der Waals surface area (Å²) in [4.78, 5) is 67.0. The van der Waals surface area contributed by atoms with Gasteiger partial charge in [0.05, 0.1) is 18.9 Å². The van der Waals surface area contributed by atoms with Gasteiger partial charge in [-0.25, -0.2) is 4.79 Å². The summed E-state index contributed by atoms with van der Waals surface area (Å²) in [6, 6.07) is 0. The van der Waals surface area contributed by atoms with Gasteiger partial charge in [-0.2, -0.15) is 0 Å². The Morgan fingerprint density at radius 3 is 1.47 bits per heavy atom. The van der Waals surface area contributed by atoms with E-state index < -0.39 is 42.3 Å². The highest BCUT2D eigenvalue weighted by Gasteiger charge is 2.22. The monoisotopic (exact) mass is 1050 g/mol. The van der Waals surface area contributed by atoms with Crippen molar-refractivity contribution in [1.82, 2.24) is 10.2 Å². The molecule has 1 rings (SSSR count). The number of allylic oxidation sites excluding steroid dienone is 4. The lowest BCUT2D eigenvalue weighted by molar-refractivity contribution is -0.162. The molecule has 74 heavy (non-hydrogen) atoms. The Hall–Kier alpha value is -3.49. The minimum atomic E-state index is -0.608. The van der Waals surface area contributed by atoms with Gasteiger partial charge in [0, 0.05) is 52.0 Å². The zero-order valence-corrected chi connectivity index (χ0v) is 47.7. The van der Waals surface area contributed by atoms with Gasteiger partial charge in [0.1, 0.15) is 25.9 Å². The van der Waals surface area contributed by atoms with Crippen molar-refractivity contribution in [3.8, 4) is 0 Å². The third kappa shape index (κ3) is 42.7. The van der Waals surface area contributed by atoms with Gasteiger partial charge in [-0.3, -0.25) is 19.2 Å². The zero-order valence-electron chi connectivity index (χ0n) is 47.7. The van der Waals surface area contributed by atoms with Gasteiger partial charge in [0.25, 0.3) is 0 Å². The number of alkyl carbamates (subject to hydrolysis) is 1. The Labute approximate surface area is 450 Å². The molecule has 0 spiro atoms. The quantitative estimate of drug-likeness (QED) is 0.0201. The van der Waals surface area contributed by atoms with Gasteiger partial charge in [-0.15, -0.1) is 0 Å². The summed E-state index contributed by atoms with van der Waals surface area (Å²) in [5, 5.41) is 2.87. The van der Waals surface area contributed by atoms with Gasteiger partial charge < -0.3 is 43.4 Å². The molecule has 1 heterocycles. The molecule has 1 aliphatic rings. The van der Waals surface area contributed by atoms with Gasteiger partial charge in [0.2, 0.25) is 0 Å². The fourth-order valence-electron chi connectivity index (χ4n) is 8.69. The van der Waals surface area contributed by atoms with Crippen LogP contribution in [0, 0.1) is 11.8 Å². The molecule has 0 aromatic carbocycles. The number of carbonyl (C=O) groups is 5. The van der Waals surface area contributed by atoms with Crippen molar-refractivity contribution in [2.24, 2.45) is 11.8 Å². The molecule has 430 valence electrons. The first-order valence-corrected chi connectivity index (χ1v) is 30.0. The SMILES string of the molecule is CC/C=C\CCCCOC(CCC(=O)OCC(COC(=O)CCCCCC(=O)OCC(CCCC)CCCCCC)COC(=O)CCC(CCCCCC)OC(=O)NCCN1CCCC1)OCCCC/C=C\CC. The van der Waals surface area contributed by atoms with E-state index in [2.05, 4.69) is 69.1 Å². The second-order valence-corrected chi connectivity index (χ2v) is 20.4. The molecule has 3 atom stereocenters. The molecule has 0 saturated carbocycles. The Kier molecular flexibility index (Phi) is 46.6. The number of rotatable bonds is 51. The lowest BCUT2D eigenvalue weighted by atomic mass is 9.96. The van der Waals surface area contributed by atoms with E-state index in [4.69, 9.17) is 33.2 Å². The minimum Gasteiger partial charge on any atom is -0.465 e. The van der Waals surface area contributed by atoms with Crippen LogP contribution >= 0.6 is 0 Å². The largest absolute Gasteiger partial charge is 0.465 e. The topological polar surface area (TPSA) is 165 Å². The maximum absolute atomic E-state index is 13.2. The molecule has 1 saturated heterocycles. The molecule has 1 fully saturated rings. The van der Waals surface area contributed by atoms with E-state index in [-0.39, 0.29) is 45.1 Å². The van der Waals surface area contributed by atoms with Crippen LogP contribution in [0.15, 0.2) is 24.3 Å². The van der Waals surface area contributed by atoms with Crippen molar-refractivity contribution in [1.29, 1.82) is 0 Å². The van der Waals surface area contributed by atoms with Crippen LogP contribution in [-0.4, -0.2) is 113 Å². The molecule has 0 bridgehead atoms. The molecule has 1 N–H and O–H groups in total. The average molecular weight is 1050 g/mol. The predicted molar refractivity (Wildman–Crippen MR) is 296 cm³/mol. The highest BCUT2D eigenvalue weighted by Crippen LogP contribution is 2.20. The third-order valence-corrected chi connectivity index (χ3v) is 13.4. The van der Waals surface area contributed by atoms with Crippen molar-refractivity contribution in [3.05, 3.63) is 24.3 Å².